The van der Waals surface area contributed by atoms with Crippen molar-refractivity contribution in [3.8, 4) is 11.4 Å². The number of aromatic nitrogens is 6. The smallest absolute Gasteiger partial charge is 0.350 e. The Morgan fingerprint density at radius 1 is 0.929 bits per heavy atom. The lowest BCUT2D eigenvalue weighted by Gasteiger charge is -2.37. The molecular weight excluding hydrogens is 759 g/mol. The first-order chi connectivity index (χ1) is 27.3. The highest BCUT2D eigenvalue weighted by atomic mass is 35.5. The maximum absolute atomic E-state index is 13.3. The second kappa shape index (κ2) is 17.4. The summed E-state index contributed by atoms with van der Waals surface area (Å²) in [5, 5.41) is 9.73. The number of nitrogens with zero attached hydrogens (tertiary/aromatic N) is 8. The van der Waals surface area contributed by atoms with E-state index < -0.39 is 5.79 Å². The van der Waals surface area contributed by atoms with E-state index in [9.17, 15) is 4.79 Å². The Morgan fingerprint density at radius 3 is 2.34 bits per heavy atom. The van der Waals surface area contributed by atoms with Gasteiger partial charge in [-0.25, -0.2) is 23.7 Å². The van der Waals surface area contributed by atoms with Crippen molar-refractivity contribution >= 4 is 34.6 Å². The Bertz CT molecular complexity index is 2100. The second-order valence-corrected chi connectivity index (χ2v) is 15.1. The van der Waals surface area contributed by atoms with E-state index in [2.05, 4.69) is 49.2 Å². The molecule has 16 heteroatoms. The average molecular weight is 806 g/mol. The van der Waals surface area contributed by atoms with Crippen molar-refractivity contribution < 1.29 is 23.7 Å². The molecule has 0 saturated carbocycles. The molecule has 0 bridgehead atoms. The lowest BCUT2D eigenvalue weighted by Crippen LogP contribution is -2.46. The molecule has 0 amide bonds. The minimum atomic E-state index is -1.17. The van der Waals surface area contributed by atoms with Gasteiger partial charge in [-0.1, -0.05) is 29.3 Å². The molecule has 0 radical (unpaired) electrons. The van der Waals surface area contributed by atoms with Crippen LogP contribution in [0.2, 0.25) is 10.0 Å². The van der Waals surface area contributed by atoms with E-state index in [1.54, 1.807) is 27.7 Å². The van der Waals surface area contributed by atoms with E-state index in [0.29, 0.717) is 54.2 Å². The van der Waals surface area contributed by atoms with Crippen LogP contribution in [0.15, 0.2) is 84.2 Å². The summed E-state index contributed by atoms with van der Waals surface area (Å²) in [6, 6.07) is 21.6. The molecule has 0 aliphatic carbocycles. The van der Waals surface area contributed by atoms with Crippen molar-refractivity contribution in [2.24, 2.45) is 0 Å². The Kier molecular flexibility index (Phi) is 11.9. The second-order valence-electron chi connectivity index (χ2n) is 14.2. The van der Waals surface area contributed by atoms with Crippen LogP contribution in [-0.2, 0) is 37.8 Å². The SMILES string of the molecule is Cc1nn(CCCOC2CCCCO2)c(=O)n1-c1ccc(N2CCN(c3ccc(OCC4COC(Cn5cncn5)(c5ccc(Cl)cc5Cl)O4)cc3)CC2)cc1. The molecule has 3 fully saturated rings. The number of ether oxygens (including phenoxy) is 5. The predicted molar refractivity (Wildman–Crippen MR) is 212 cm³/mol. The fourth-order valence-electron chi connectivity index (χ4n) is 7.49. The molecular formula is C40H46Cl2N8O6. The number of anilines is 2. The van der Waals surface area contributed by atoms with Crippen LogP contribution in [0.1, 0.15) is 37.1 Å². The molecule has 8 rings (SSSR count). The number of halogens is 2. The van der Waals surface area contributed by atoms with Crippen LogP contribution in [0.25, 0.3) is 5.69 Å². The highest BCUT2D eigenvalue weighted by Gasteiger charge is 2.45. The van der Waals surface area contributed by atoms with Gasteiger partial charge in [-0.05, 0) is 93.3 Å². The summed E-state index contributed by atoms with van der Waals surface area (Å²) < 4.78 is 35.2. The molecule has 56 heavy (non-hydrogen) atoms. The van der Waals surface area contributed by atoms with E-state index >= 15 is 0 Å². The number of hydrogen-bond donors (Lipinski definition) is 0. The maximum Gasteiger partial charge on any atom is 0.350 e. The van der Waals surface area contributed by atoms with Gasteiger partial charge in [0.2, 0.25) is 5.79 Å². The highest BCUT2D eigenvalue weighted by molar-refractivity contribution is 6.35. The quantitative estimate of drug-likeness (QED) is 0.126. The monoisotopic (exact) mass is 804 g/mol. The van der Waals surface area contributed by atoms with Crippen molar-refractivity contribution in [3.63, 3.8) is 0 Å². The molecule has 3 atom stereocenters. The molecule has 3 aromatic carbocycles. The summed E-state index contributed by atoms with van der Waals surface area (Å²) in [4.78, 5) is 22.1. The van der Waals surface area contributed by atoms with Gasteiger partial charge in [0.1, 0.15) is 43.5 Å². The van der Waals surface area contributed by atoms with Gasteiger partial charge in [-0.2, -0.15) is 10.2 Å². The summed E-state index contributed by atoms with van der Waals surface area (Å²) in [6.07, 6.45) is 6.45. The third kappa shape index (κ3) is 8.75. The molecule has 5 heterocycles. The van der Waals surface area contributed by atoms with Crippen LogP contribution in [0, 0.1) is 6.92 Å². The summed E-state index contributed by atoms with van der Waals surface area (Å²) in [5.41, 5.74) is 3.59. The highest BCUT2D eigenvalue weighted by Crippen LogP contribution is 2.40. The van der Waals surface area contributed by atoms with Crippen LogP contribution in [0.5, 0.6) is 5.75 Å². The molecule has 3 aliphatic rings. The molecule has 5 aromatic rings. The molecule has 0 spiro atoms. The predicted octanol–water partition coefficient (Wildman–Crippen LogP) is 5.85. The standard InChI is InChI=1S/C40H46Cl2N8O6/c1-29-45-49(16-4-22-53-38-5-2-3-21-52-38)39(51)50(29)33-9-7-31(8-10-33)46-17-19-47(20-18-46)32-11-13-34(14-12-32)54-24-35-25-55-40(56-35,26-48-28-43-27-44-48)36-15-6-30(41)23-37(36)42/h6-15,23,27-28,35,38H,2-5,16-22,24-26H2,1H3. The average Bonchev–Trinajstić information content (AvgIpc) is 3.96. The van der Waals surface area contributed by atoms with E-state index in [1.165, 1.54) is 11.0 Å². The van der Waals surface area contributed by atoms with E-state index in [-0.39, 0.29) is 24.6 Å². The number of hydrogen-bond acceptors (Lipinski definition) is 11. The van der Waals surface area contributed by atoms with Crippen molar-refractivity contribution in [2.45, 2.75) is 63.9 Å². The molecule has 3 saturated heterocycles. The topological polar surface area (TPSA) is 123 Å². The largest absolute Gasteiger partial charge is 0.491 e. The summed E-state index contributed by atoms with van der Waals surface area (Å²) >= 11 is 12.8. The minimum Gasteiger partial charge on any atom is -0.491 e. The van der Waals surface area contributed by atoms with E-state index in [1.807, 2.05) is 37.3 Å². The zero-order valence-electron chi connectivity index (χ0n) is 31.3. The van der Waals surface area contributed by atoms with Crippen LogP contribution < -0.4 is 20.2 Å². The minimum absolute atomic E-state index is 0.127. The lowest BCUT2D eigenvalue weighted by atomic mass is 10.1. The molecule has 2 aromatic heterocycles. The molecule has 0 N–H and O–H groups in total. The number of rotatable bonds is 14. The van der Waals surface area contributed by atoms with Crippen molar-refractivity contribution in [2.75, 3.05) is 62.4 Å². The molecule has 296 valence electrons. The van der Waals surface area contributed by atoms with Gasteiger partial charge in [-0.15, -0.1) is 0 Å². The van der Waals surface area contributed by atoms with Gasteiger partial charge in [0.25, 0.3) is 0 Å². The van der Waals surface area contributed by atoms with E-state index in [0.717, 1.165) is 74.9 Å². The summed E-state index contributed by atoms with van der Waals surface area (Å²) in [7, 11) is 0. The molecule has 3 aliphatic heterocycles. The lowest BCUT2D eigenvalue weighted by molar-refractivity contribution is -0.190. The van der Waals surface area contributed by atoms with Crippen LogP contribution in [-0.4, -0.2) is 94.1 Å². The zero-order valence-corrected chi connectivity index (χ0v) is 32.9. The van der Waals surface area contributed by atoms with Gasteiger partial charge in [0.15, 0.2) is 6.29 Å². The fraction of sp³-hybridized carbons (Fsp3) is 0.450. The van der Waals surface area contributed by atoms with Gasteiger partial charge in [-0.3, -0.25) is 0 Å². The first kappa shape index (κ1) is 38.4. The number of piperazine rings is 1. The first-order valence-corrected chi connectivity index (χ1v) is 19.9. The summed E-state index contributed by atoms with van der Waals surface area (Å²) in [5.74, 6) is 0.236. The third-order valence-electron chi connectivity index (χ3n) is 10.4. The number of aryl methyl sites for hydroxylation is 2. The normalized spacial score (nSPS) is 21.5. The number of benzene rings is 3. The third-order valence-corrected chi connectivity index (χ3v) is 10.9. The maximum atomic E-state index is 13.3. The van der Waals surface area contributed by atoms with Gasteiger partial charge < -0.3 is 33.5 Å². The van der Waals surface area contributed by atoms with Gasteiger partial charge in [0, 0.05) is 61.3 Å². The van der Waals surface area contributed by atoms with Crippen LogP contribution in [0.4, 0.5) is 11.4 Å². The first-order valence-electron chi connectivity index (χ1n) is 19.2. The Hall–Kier alpha value is -4.44. The molecule has 3 unspecified atom stereocenters. The Labute approximate surface area is 335 Å². The summed E-state index contributed by atoms with van der Waals surface area (Å²) in [6.45, 7) is 8.01. The van der Waals surface area contributed by atoms with Gasteiger partial charge >= 0.3 is 5.69 Å². The van der Waals surface area contributed by atoms with E-state index in [4.69, 9.17) is 46.9 Å². The van der Waals surface area contributed by atoms with Crippen molar-refractivity contribution in [1.82, 2.24) is 29.1 Å². The fourth-order valence-corrected chi connectivity index (χ4v) is 8.04. The Morgan fingerprint density at radius 2 is 1.66 bits per heavy atom. The van der Waals surface area contributed by atoms with Crippen molar-refractivity contribution in [1.29, 1.82) is 0 Å². The van der Waals surface area contributed by atoms with Crippen LogP contribution in [0.3, 0.4) is 0 Å². The molecule has 14 nitrogen and oxygen atoms in total. The van der Waals surface area contributed by atoms with Gasteiger partial charge in [0.05, 0.1) is 23.9 Å². The Balaban J connectivity index is 0.813. The van der Waals surface area contributed by atoms with Crippen LogP contribution >= 0.6 is 23.2 Å². The van der Waals surface area contributed by atoms with Crippen molar-refractivity contribution in [3.05, 3.63) is 111 Å². The zero-order chi connectivity index (χ0) is 38.5.